The van der Waals surface area contributed by atoms with Gasteiger partial charge in [-0.25, -0.2) is 0 Å². The average molecular weight is 160 g/mol. The summed E-state index contributed by atoms with van der Waals surface area (Å²) in [5, 5.41) is 2.52. The second kappa shape index (κ2) is 3.75. The van der Waals surface area contributed by atoms with Crippen LogP contribution in [0.4, 0.5) is 11.4 Å². The van der Waals surface area contributed by atoms with Gasteiger partial charge in [-0.1, -0.05) is 13.8 Å². The van der Waals surface area contributed by atoms with Gasteiger partial charge < -0.3 is 11.1 Å². The number of nitrogens with one attached hydrogen (secondary N) is 1. The number of anilines is 2. The van der Waals surface area contributed by atoms with Crippen molar-refractivity contribution in [2.24, 2.45) is 0 Å². The molecule has 0 aliphatic carbocycles. The van der Waals surface area contributed by atoms with Crippen molar-refractivity contribution < 1.29 is 2.85 Å². The molecule has 0 bridgehead atoms. The summed E-state index contributed by atoms with van der Waals surface area (Å²) in [4.78, 5) is 20.8. The van der Waals surface area contributed by atoms with Crippen molar-refractivity contribution in [1.29, 1.82) is 0 Å². The fourth-order valence-corrected chi connectivity index (χ4v) is 0.657. The highest BCUT2D eigenvalue weighted by Crippen LogP contribution is 2.06. The minimum absolute atomic E-state index is 0. The zero-order valence-corrected chi connectivity index (χ0v) is 6.89. The molecule has 0 saturated carbocycles. The van der Waals surface area contributed by atoms with E-state index < -0.39 is 10.9 Å². The summed E-state index contributed by atoms with van der Waals surface area (Å²) in [5.41, 5.74) is 4.29. The first-order valence-electron chi connectivity index (χ1n) is 3.45. The smallest absolute Gasteiger partial charge is 0.253 e. The summed E-state index contributed by atoms with van der Waals surface area (Å²) in [7, 11) is 1.55. The topological polar surface area (TPSA) is 72.2 Å². The predicted molar refractivity (Wildman–Crippen MR) is 50.9 cm³/mol. The highest BCUT2D eigenvalue weighted by atomic mass is 16.2. The minimum Gasteiger partial charge on any atom is -0.394 e. The zero-order chi connectivity index (χ0) is 9.02. The van der Waals surface area contributed by atoms with Crippen LogP contribution in [0.1, 0.15) is 16.7 Å². The van der Waals surface area contributed by atoms with Crippen LogP contribution >= 0.6 is 0 Å². The quantitative estimate of drug-likeness (QED) is 0.584. The summed E-state index contributed by atoms with van der Waals surface area (Å²) >= 11 is 0. The Morgan fingerprint density at radius 3 is 1.91 bits per heavy atom. The summed E-state index contributed by atoms with van der Waals surface area (Å²) < 4.78 is 0. The lowest BCUT2D eigenvalue weighted by Crippen LogP contribution is -2.36. The van der Waals surface area contributed by atoms with E-state index in [4.69, 9.17) is 5.73 Å². The molecule has 4 nitrogen and oxygen atoms in total. The Balaban J connectivity index is -0.000000234. The van der Waals surface area contributed by atoms with Crippen LogP contribution < -0.4 is 21.9 Å². The van der Waals surface area contributed by atoms with Gasteiger partial charge in [-0.2, -0.15) is 0 Å². The van der Waals surface area contributed by atoms with Gasteiger partial charge in [0.05, 0.1) is 0 Å². The van der Waals surface area contributed by atoms with Crippen LogP contribution in [0.2, 0.25) is 0 Å². The second-order valence-corrected chi connectivity index (χ2v) is 1.70. The van der Waals surface area contributed by atoms with Crippen LogP contribution in [-0.4, -0.2) is 7.05 Å². The van der Waals surface area contributed by atoms with E-state index in [1.54, 1.807) is 7.05 Å². The molecule has 0 radical (unpaired) electrons. The van der Waals surface area contributed by atoms with Gasteiger partial charge in [-0.05, 0) is 0 Å². The number of nitrogens with two attached hydrogens (primary N) is 1. The van der Waals surface area contributed by atoms with Gasteiger partial charge in [0, 0.05) is 9.90 Å². The fraction of sp³-hybridized carbons (Fsp3) is 0.429. The first-order valence-corrected chi connectivity index (χ1v) is 3.45. The highest BCUT2D eigenvalue weighted by molar-refractivity contribution is 5.70. The third-order valence-electron chi connectivity index (χ3n) is 1.20. The lowest BCUT2D eigenvalue weighted by molar-refractivity contribution is 1.36. The summed E-state index contributed by atoms with van der Waals surface area (Å²) in [5.74, 6) is 0. The molecular weight excluding hydrogens is 144 g/mol. The maximum atomic E-state index is 10.5. The van der Waals surface area contributed by atoms with Crippen molar-refractivity contribution in [2.45, 2.75) is 13.8 Å². The molecule has 1 aromatic carbocycles. The molecule has 0 unspecified atom stereocenters. The molecule has 4 heteroatoms. The van der Waals surface area contributed by atoms with E-state index in [0.717, 1.165) is 0 Å². The molecular formula is C7H16N2O2. The molecule has 0 atom stereocenters. The van der Waals surface area contributed by atoms with Crippen molar-refractivity contribution in [3.63, 3.8) is 0 Å². The van der Waals surface area contributed by atoms with Gasteiger partial charge in [0.1, 0.15) is 11.4 Å². The fourth-order valence-electron chi connectivity index (χ4n) is 0.657. The first kappa shape index (κ1) is 9.68. The summed E-state index contributed by atoms with van der Waals surface area (Å²) in [6.45, 7) is 4.00. The van der Waals surface area contributed by atoms with Crippen LogP contribution in [0.15, 0.2) is 9.59 Å². The van der Waals surface area contributed by atoms with Gasteiger partial charge in [-0.15, -0.1) is 0 Å². The van der Waals surface area contributed by atoms with Crippen LogP contribution in [0.3, 0.4) is 0 Å². The molecule has 0 saturated heterocycles. The molecule has 66 valence electrons. The lowest BCUT2D eigenvalue weighted by Gasteiger charge is -2.02. The Morgan fingerprint density at radius 2 is 1.73 bits per heavy atom. The molecule has 0 fully saturated rings. The number of rotatable bonds is 1. The van der Waals surface area contributed by atoms with Gasteiger partial charge >= 0.3 is 0 Å². The van der Waals surface area contributed by atoms with E-state index in [9.17, 15) is 9.59 Å². The molecule has 1 rings (SSSR count). The predicted octanol–water partition coefficient (Wildman–Crippen LogP) is 0.425. The SMILES string of the molecule is CC.CNc1c(N)c(=O)c1=O.[HH].[HH]. The molecule has 0 spiro atoms. The van der Waals surface area contributed by atoms with E-state index >= 15 is 0 Å². The molecule has 0 aliphatic heterocycles. The largest absolute Gasteiger partial charge is 0.394 e. The van der Waals surface area contributed by atoms with Crippen LogP contribution in [0.5, 0.6) is 0 Å². The number of hydrogen-bond donors (Lipinski definition) is 2. The van der Waals surface area contributed by atoms with Crippen molar-refractivity contribution in [2.75, 3.05) is 18.1 Å². The molecule has 0 aliphatic rings. The van der Waals surface area contributed by atoms with Crippen molar-refractivity contribution in [1.82, 2.24) is 0 Å². The average Bonchev–Trinajstić information content (AvgIpc) is 2.08. The normalized spacial score (nSPS) is 8.64. The van der Waals surface area contributed by atoms with Gasteiger partial charge in [0.15, 0.2) is 0 Å². The monoisotopic (exact) mass is 160 g/mol. The minimum atomic E-state index is -0.584. The summed E-state index contributed by atoms with van der Waals surface area (Å²) in [6, 6.07) is 0. The standard InChI is InChI=1S/C5H6N2O2.C2H6.2H2/c1-7-3-2(6)4(8)5(3)9;1-2;;/h7H,6H2,1H3;1-2H3;2*1H. The van der Waals surface area contributed by atoms with Crippen molar-refractivity contribution in [3.8, 4) is 0 Å². The second-order valence-electron chi connectivity index (χ2n) is 1.70. The van der Waals surface area contributed by atoms with Gasteiger partial charge in [0.25, 0.3) is 10.9 Å². The zero-order valence-electron chi connectivity index (χ0n) is 6.89. The maximum Gasteiger partial charge on any atom is 0.253 e. The maximum absolute atomic E-state index is 10.5. The Morgan fingerprint density at radius 1 is 1.27 bits per heavy atom. The summed E-state index contributed by atoms with van der Waals surface area (Å²) in [6.07, 6.45) is 0. The van der Waals surface area contributed by atoms with E-state index in [1.807, 2.05) is 13.8 Å². The molecule has 11 heavy (non-hydrogen) atoms. The van der Waals surface area contributed by atoms with Gasteiger partial charge in [-0.3, -0.25) is 9.59 Å². The third kappa shape index (κ3) is 1.39. The Labute approximate surface area is 67.7 Å². The van der Waals surface area contributed by atoms with Crippen LogP contribution in [0, 0.1) is 0 Å². The van der Waals surface area contributed by atoms with E-state index in [2.05, 4.69) is 5.32 Å². The first-order chi connectivity index (χ1) is 5.18. The molecule has 0 heterocycles. The van der Waals surface area contributed by atoms with Crippen molar-refractivity contribution >= 4 is 11.4 Å². The molecule has 1 aromatic rings. The Hall–Kier alpha value is -1.32. The lowest BCUT2D eigenvalue weighted by atomic mass is 10.2. The number of nitrogen functional groups attached to an aromatic ring is 1. The van der Waals surface area contributed by atoms with E-state index in [0.29, 0.717) is 0 Å². The molecule has 3 N–H and O–H groups in total. The van der Waals surface area contributed by atoms with Gasteiger partial charge in [0.2, 0.25) is 0 Å². The number of hydrogen-bond acceptors (Lipinski definition) is 4. The van der Waals surface area contributed by atoms with E-state index in [-0.39, 0.29) is 14.2 Å². The molecule has 0 aromatic heterocycles. The highest BCUT2D eigenvalue weighted by Gasteiger charge is 2.14. The van der Waals surface area contributed by atoms with Crippen LogP contribution in [-0.2, 0) is 0 Å². The van der Waals surface area contributed by atoms with E-state index in [1.165, 1.54) is 0 Å². The Kier molecular flexibility index (Phi) is 3.30. The Bertz CT molecular complexity index is 305. The van der Waals surface area contributed by atoms with Crippen molar-refractivity contribution in [3.05, 3.63) is 20.4 Å². The van der Waals surface area contributed by atoms with Crippen LogP contribution in [0.25, 0.3) is 0 Å². The third-order valence-corrected chi connectivity index (χ3v) is 1.20. The molecule has 0 amide bonds.